The van der Waals surface area contributed by atoms with E-state index in [1.807, 2.05) is 0 Å². The van der Waals surface area contributed by atoms with Crippen LogP contribution in [-0.4, -0.2) is 18.6 Å². The van der Waals surface area contributed by atoms with Crippen molar-refractivity contribution < 1.29 is 13.9 Å². The zero-order valence-corrected chi connectivity index (χ0v) is 9.26. The molecule has 1 aromatic rings. The first-order valence-corrected chi connectivity index (χ1v) is 5.40. The van der Waals surface area contributed by atoms with Crippen molar-refractivity contribution in [1.82, 2.24) is 0 Å². The van der Waals surface area contributed by atoms with E-state index in [0.717, 1.165) is 0 Å². The van der Waals surface area contributed by atoms with E-state index in [4.69, 9.17) is 32.7 Å². The molecular formula is C10H9Cl2FO2. The lowest BCUT2D eigenvalue weighted by Gasteiger charge is -2.10. The van der Waals surface area contributed by atoms with Crippen molar-refractivity contribution >= 4 is 23.2 Å². The maximum absolute atomic E-state index is 13.1. The predicted molar refractivity (Wildman–Crippen MR) is 55.7 cm³/mol. The Morgan fingerprint density at radius 3 is 2.87 bits per heavy atom. The van der Waals surface area contributed by atoms with Crippen molar-refractivity contribution in [3.05, 3.63) is 34.6 Å². The molecule has 0 amide bonds. The zero-order chi connectivity index (χ0) is 10.8. The second-order valence-electron chi connectivity index (χ2n) is 3.25. The molecule has 1 aliphatic rings. The lowest BCUT2D eigenvalue weighted by atomic mass is 10.2. The van der Waals surface area contributed by atoms with Crippen molar-refractivity contribution in [3.63, 3.8) is 0 Å². The summed E-state index contributed by atoms with van der Waals surface area (Å²) in [5.41, 5.74) is 0.615. The van der Waals surface area contributed by atoms with E-state index in [-0.39, 0.29) is 11.1 Å². The Morgan fingerprint density at radius 2 is 2.27 bits per heavy atom. The molecule has 0 radical (unpaired) electrons. The van der Waals surface area contributed by atoms with Crippen LogP contribution in [0, 0.1) is 5.82 Å². The second-order valence-corrected chi connectivity index (χ2v) is 3.97. The van der Waals surface area contributed by atoms with Gasteiger partial charge in [0.25, 0.3) is 0 Å². The van der Waals surface area contributed by atoms with Crippen molar-refractivity contribution in [2.24, 2.45) is 0 Å². The van der Waals surface area contributed by atoms with E-state index in [1.54, 1.807) is 6.07 Å². The minimum absolute atomic E-state index is 0.0886. The van der Waals surface area contributed by atoms with Gasteiger partial charge < -0.3 is 9.47 Å². The normalized spacial score (nSPS) is 25.8. The van der Waals surface area contributed by atoms with Gasteiger partial charge in [-0.25, -0.2) is 4.39 Å². The molecule has 0 aliphatic carbocycles. The van der Waals surface area contributed by atoms with Gasteiger partial charge in [-0.2, -0.15) is 0 Å². The largest absolute Gasteiger partial charge is 0.346 e. The van der Waals surface area contributed by atoms with Crippen LogP contribution in [0.1, 0.15) is 11.9 Å². The fraction of sp³-hybridized carbons (Fsp3) is 0.400. The summed E-state index contributed by atoms with van der Waals surface area (Å²) in [6.45, 7) is 0.429. The van der Waals surface area contributed by atoms with E-state index in [0.29, 0.717) is 18.1 Å². The van der Waals surface area contributed by atoms with Crippen LogP contribution in [0.25, 0.3) is 0 Å². The first kappa shape index (κ1) is 11.1. The Labute approximate surface area is 96.9 Å². The smallest absolute Gasteiger partial charge is 0.184 e. The second kappa shape index (κ2) is 4.66. The molecular weight excluding hydrogens is 242 g/mol. The molecule has 2 unspecified atom stereocenters. The topological polar surface area (TPSA) is 18.5 Å². The minimum atomic E-state index is -0.541. The zero-order valence-electron chi connectivity index (χ0n) is 7.75. The minimum Gasteiger partial charge on any atom is -0.346 e. The molecule has 1 aromatic carbocycles. The Hall–Kier alpha value is -0.350. The number of benzene rings is 1. The van der Waals surface area contributed by atoms with E-state index in [2.05, 4.69) is 0 Å². The molecule has 1 heterocycles. The summed E-state index contributed by atoms with van der Waals surface area (Å²) >= 11 is 11.2. The number of alkyl halides is 1. The Kier molecular flexibility index (Phi) is 3.46. The SMILES string of the molecule is Fc1cc(C2OCC(CCl)O2)ccc1Cl. The van der Waals surface area contributed by atoms with Crippen LogP contribution < -0.4 is 0 Å². The van der Waals surface area contributed by atoms with Crippen LogP contribution >= 0.6 is 23.2 Å². The summed E-state index contributed by atoms with van der Waals surface area (Å²) in [4.78, 5) is 0. The monoisotopic (exact) mass is 250 g/mol. The van der Waals surface area contributed by atoms with Gasteiger partial charge in [-0.05, 0) is 12.1 Å². The van der Waals surface area contributed by atoms with Gasteiger partial charge in [0.05, 0.1) is 23.6 Å². The quantitative estimate of drug-likeness (QED) is 0.752. The molecule has 2 atom stereocenters. The number of rotatable bonds is 2. The lowest BCUT2D eigenvalue weighted by molar-refractivity contribution is -0.0568. The van der Waals surface area contributed by atoms with Gasteiger partial charge in [0.15, 0.2) is 6.29 Å². The maximum Gasteiger partial charge on any atom is 0.184 e. The fourth-order valence-electron chi connectivity index (χ4n) is 1.36. The summed E-state index contributed by atoms with van der Waals surface area (Å²) < 4.78 is 23.9. The molecule has 0 spiro atoms. The van der Waals surface area contributed by atoms with Gasteiger partial charge in [-0.1, -0.05) is 17.7 Å². The van der Waals surface area contributed by atoms with E-state index in [1.165, 1.54) is 12.1 Å². The summed E-state index contributed by atoms with van der Waals surface area (Å²) in [5, 5.41) is 0.0886. The highest BCUT2D eigenvalue weighted by atomic mass is 35.5. The number of hydrogen-bond donors (Lipinski definition) is 0. The Bertz CT molecular complexity index is 359. The molecule has 0 saturated carbocycles. The van der Waals surface area contributed by atoms with Crippen LogP contribution in [-0.2, 0) is 9.47 Å². The Balaban J connectivity index is 2.13. The third kappa shape index (κ3) is 2.42. The molecule has 2 nitrogen and oxygen atoms in total. The van der Waals surface area contributed by atoms with Crippen LogP contribution in [0.3, 0.4) is 0 Å². The number of ether oxygens (including phenoxy) is 2. The van der Waals surface area contributed by atoms with Gasteiger partial charge in [0.1, 0.15) is 5.82 Å². The van der Waals surface area contributed by atoms with Gasteiger partial charge in [-0.3, -0.25) is 0 Å². The lowest BCUT2D eigenvalue weighted by Crippen LogP contribution is -2.10. The molecule has 82 valence electrons. The van der Waals surface area contributed by atoms with Gasteiger partial charge >= 0.3 is 0 Å². The first-order valence-electron chi connectivity index (χ1n) is 4.48. The van der Waals surface area contributed by atoms with Crippen LogP contribution in [0.4, 0.5) is 4.39 Å². The average Bonchev–Trinajstić information content (AvgIpc) is 2.70. The average molecular weight is 251 g/mol. The van der Waals surface area contributed by atoms with Crippen LogP contribution in [0.5, 0.6) is 0 Å². The predicted octanol–water partition coefficient (Wildman–Crippen LogP) is 3.13. The maximum atomic E-state index is 13.1. The van der Waals surface area contributed by atoms with Gasteiger partial charge in [0, 0.05) is 5.56 Å². The molecule has 0 aromatic heterocycles. The van der Waals surface area contributed by atoms with Gasteiger partial charge in [-0.15, -0.1) is 11.6 Å². The van der Waals surface area contributed by atoms with Crippen molar-refractivity contribution in [3.8, 4) is 0 Å². The van der Waals surface area contributed by atoms with Crippen molar-refractivity contribution in [2.45, 2.75) is 12.4 Å². The third-order valence-corrected chi connectivity index (χ3v) is 2.79. The molecule has 5 heteroatoms. The fourth-order valence-corrected chi connectivity index (χ4v) is 1.64. The summed E-state index contributed by atoms with van der Waals surface area (Å²) in [5.74, 6) is -0.109. The summed E-state index contributed by atoms with van der Waals surface area (Å²) in [6, 6.07) is 4.46. The third-order valence-electron chi connectivity index (χ3n) is 2.14. The van der Waals surface area contributed by atoms with Crippen LogP contribution in [0.15, 0.2) is 18.2 Å². The van der Waals surface area contributed by atoms with E-state index >= 15 is 0 Å². The standard InChI is InChI=1S/C10H9Cl2FO2/c11-4-7-5-14-10(15-7)6-1-2-8(12)9(13)3-6/h1-3,7,10H,4-5H2. The molecule has 2 rings (SSSR count). The molecule has 15 heavy (non-hydrogen) atoms. The van der Waals surface area contributed by atoms with E-state index in [9.17, 15) is 4.39 Å². The molecule has 0 bridgehead atoms. The highest BCUT2D eigenvalue weighted by Crippen LogP contribution is 2.29. The van der Waals surface area contributed by atoms with Crippen molar-refractivity contribution in [1.29, 1.82) is 0 Å². The molecule has 1 saturated heterocycles. The first-order chi connectivity index (χ1) is 7.20. The van der Waals surface area contributed by atoms with E-state index < -0.39 is 12.1 Å². The van der Waals surface area contributed by atoms with Gasteiger partial charge in [0.2, 0.25) is 0 Å². The molecule has 1 fully saturated rings. The molecule has 0 N–H and O–H groups in total. The highest BCUT2D eigenvalue weighted by Gasteiger charge is 2.26. The van der Waals surface area contributed by atoms with Crippen molar-refractivity contribution in [2.75, 3.05) is 12.5 Å². The number of halogens is 3. The summed E-state index contributed by atoms with van der Waals surface area (Å²) in [6.07, 6.45) is -0.670. The highest BCUT2D eigenvalue weighted by molar-refractivity contribution is 6.30. The number of hydrogen-bond acceptors (Lipinski definition) is 2. The Morgan fingerprint density at radius 1 is 1.47 bits per heavy atom. The molecule has 1 aliphatic heterocycles. The van der Waals surface area contributed by atoms with Crippen LogP contribution in [0.2, 0.25) is 5.02 Å². The summed E-state index contributed by atoms with van der Waals surface area (Å²) in [7, 11) is 0.